The number of hydrogen-bond acceptors (Lipinski definition) is 0. The van der Waals surface area contributed by atoms with Crippen LogP contribution in [0.5, 0.6) is 0 Å². The largest absolute Gasteiger partial charge is 0 e. The van der Waals surface area contributed by atoms with Gasteiger partial charge < -0.3 is 0 Å². The molecule has 0 heterocycles. The van der Waals surface area contributed by atoms with Gasteiger partial charge in [0.25, 0.3) is 0 Å². The molecule has 0 saturated carbocycles. The zero-order valence-corrected chi connectivity index (χ0v) is 9.95. The van der Waals surface area contributed by atoms with Crippen LogP contribution in [-0.2, 0) is 31.3 Å². The van der Waals surface area contributed by atoms with Gasteiger partial charge in [-0.25, -0.2) is 0 Å². The van der Waals surface area contributed by atoms with Crippen LogP contribution in [-0.4, -0.2) is 0 Å². The Hall–Kier alpha value is -1.29. The zero-order valence-electron chi connectivity index (χ0n) is 8.67. The maximum Gasteiger partial charge on any atom is 0 e. The molecule has 82 valence electrons. The smallest absolute Gasteiger partial charge is 0 e. The molecule has 0 spiro atoms. The van der Waals surface area contributed by atoms with E-state index < -0.39 is 0 Å². The first-order valence-corrected chi connectivity index (χ1v) is 3.72. The van der Waals surface area contributed by atoms with Crippen molar-refractivity contribution in [1.29, 1.82) is 0 Å². The standard InChI is InChI=1S/C9H10.3CO.Cr/c1-2-6-9-7-4-3-5-8-9;3*1-2;/h2-8H,1H3;;;;/b6-2+;;;;. The van der Waals surface area contributed by atoms with Crippen molar-refractivity contribution < 1.29 is 31.3 Å². The second-order valence-electron chi connectivity index (χ2n) is 1.91. The molecule has 3 nitrogen and oxygen atoms in total. The summed E-state index contributed by atoms with van der Waals surface area (Å²) in [6, 6.07) is 10.3. The summed E-state index contributed by atoms with van der Waals surface area (Å²) in [7, 11) is 0. The monoisotopic (exact) mass is 254 g/mol. The van der Waals surface area contributed by atoms with Gasteiger partial charge in [-0.05, 0) is 12.5 Å². The van der Waals surface area contributed by atoms with Crippen LogP contribution < -0.4 is 0 Å². The maximum atomic E-state index is 7.50. The summed E-state index contributed by atoms with van der Waals surface area (Å²) in [6.07, 6.45) is 4.12. The van der Waals surface area contributed by atoms with Crippen LogP contribution in [0.1, 0.15) is 12.5 Å². The van der Waals surface area contributed by atoms with Crippen LogP contribution >= 0.6 is 0 Å². The molecule has 0 radical (unpaired) electrons. The van der Waals surface area contributed by atoms with E-state index in [1.54, 1.807) is 0 Å². The molecule has 0 aromatic heterocycles. The third-order valence-corrected chi connectivity index (χ3v) is 1.16. The van der Waals surface area contributed by atoms with Gasteiger partial charge in [0.2, 0.25) is 0 Å². The fraction of sp³-hybridized carbons (Fsp3) is 0.0833. The van der Waals surface area contributed by atoms with Gasteiger partial charge in [0.05, 0.1) is 0 Å². The number of allylic oxidation sites excluding steroid dienone is 1. The predicted octanol–water partition coefficient (Wildman–Crippen LogP) is 2.60. The van der Waals surface area contributed by atoms with Crippen LogP contribution in [0.25, 0.3) is 6.08 Å². The zero-order chi connectivity index (χ0) is 12.5. The topological polar surface area (TPSA) is 59.7 Å². The summed E-state index contributed by atoms with van der Waals surface area (Å²) in [5.74, 6) is 0. The molecule has 0 atom stereocenters. The van der Waals surface area contributed by atoms with Crippen LogP contribution in [0.15, 0.2) is 36.4 Å². The molecule has 0 aliphatic rings. The van der Waals surface area contributed by atoms with Crippen LogP contribution in [0.3, 0.4) is 0 Å². The molecule has 1 rings (SSSR count). The van der Waals surface area contributed by atoms with Crippen molar-refractivity contribution in [3.05, 3.63) is 61.9 Å². The first-order valence-electron chi connectivity index (χ1n) is 3.72. The van der Waals surface area contributed by atoms with Gasteiger partial charge in [-0.2, -0.15) is 0 Å². The van der Waals surface area contributed by atoms with Crippen LogP contribution in [0.4, 0.5) is 0 Å². The molecule has 0 saturated heterocycles. The maximum absolute atomic E-state index is 7.50. The Bertz CT molecular complexity index is 285. The quantitative estimate of drug-likeness (QED) is 0.546. The van der Waals surface area contributed by atoms with Gasteiger partial charge in [0.15, 0.2) is 0 Å². The minimum atomic E-state index is 0. The Morgan fingerprint density at radius 1 is 0.875 bits per heavy atom. The van der Waals surface area contributed by atoms with E-state index in [0.29, 0.717) is 0 Å². The van der Waals surface area contributed by atoms with E-state index >= 15 is 0 Å². The Kier molecular flexibility index (Phi) is 44.0. The van der Waals surface area contributed by atoms with Crippen LogP contribution in [0, 0.1) is 20.0 Å². The Morgan fingerprint density at radius 2 is 1.25 bits per heavy atom. The summed E-state index contributed by atoms with van der Waals surface area (Å²) in [6.45, 7) is 15.5. The van der Waals surface area contributed by atoms with E-state index in [0.717, 1.165) is 0 Å². The first-order chi connectivity index (χ1) is 7.43. The van der Waals surface area contributed by atoms with E-state index in [9.17, 15) is 0 Å². The normalized spacial score (nSPS) is 6.19. The fourth-order valence-corrected chi connectivity index (χ4v) is 0.757. The number of hydrogen-bond donors (Lipinski definition) is 0. The molecule has 0 unspecified atom stereocenters. The van der Waals surface area contributed by atoms with Crippen molar-refractivity contribution in [1.82, 2.24) is 0 Å². The summed E-state index contributed by atoms with van der Waals surface area (Å²) < 4.78 is 22.5. The molecule has 4 heteroatoms. The van der Waals surface area contributed by atoms with Crippen molar-refractivity contribution >= 4 is 6.08 Å². The molecule has 0 aliphatic heterocycles. The van der Waals surface area contributed by atoms with Gasteiger partial charge in [-0.3, -0.25) is 0 Å². The number of benzene rings is 1. The molecule has 0 fully saturated rings. The molecular formula is C12H10CrO3. The van der Waals surface area contributed by atoms with Gasteiger partial charge in [-0.1, -0.05) is 42.5 Å². The second kappa shape index (κ2) is 29.2. The summed E-state index contributed by atoms with van der Waals surface area (Å²) >= 11 is 0. The molecule has 16 heavy (non-hydrogen) atoms. The molecule has 0 aliphatic carbocycles. The summed E-state index contributed by atoms with van der Waals surface area (Å²) in [5.41, 5.74) is 1.26. The van der Waals surface area contributed by atoms with E-state index in [-0.39, 0.29) is 17.4 Å². The molecule has 0 bridgehead atoms. The third kappa shape index (κ3) is 18.5. The second-order valence-corrected chi connectivity index (χ2v) is 1.91. The Labute approximate surface area is 106 Å². The van der Waals surface area contributed by atoms with Crippen molar-refractivity contribution in [2.75, 3.05) is 0 Å². The van der Waals surface area contributed by atoms with Crippen molar-refractivity contribution in [2.24, 2.45) is 0 Å². The van der Waals surface area contributed by atoms with Crippen molar-refractivity contribution in [3.8, 4) is 0 Å². The van der Waals surface area contributed by atoms with Crippen molar-refractivity contribution in [3.63, 3.8) is 0 Å². The van der Waals surface area contributed by atoms with Crippen LogP contribution in [0.2, 0.25) is 0 Å². The minimum Gasteiger partial charge on any atom is 0 e. The summed E-state index contributed by atoms with van der Waals surface area (Å²) in [4.78, 5) is 0. The fourth-order valence-electron chi connectivity index (χ4n) is 0.757. The van der Waals surface area contributed by atoms with Gasteiger partial charge in [0, 0.05) is 17.4 Å². The van der Waals surface area contributed by atoms with E-state index in [1.165, 1.54) is 5.56 Å². The van der Waals surface area contributed by atoms with Gasteiger partial charge in [-0.15, -0.1) is 0 Å². The molecule has 1 aromatic rings. The van der Waals surface area contributed by atoms with Gasteiger partial charge >= 0.3 is 33.9 Å². The summed E-state index contributed by atoms with van der Waals surface area (Å²) in [5, 5.41) is 0. The molecule has 1 aromatic carbocycles. The molecule has 0 N–H and O–H groups in total. The average Bonchev–Trinajstić information content (AvgIpc) is 2.38. The van der Waals surface area contributed by atoms with Crippen molar-refractivity contribution in [2.45, 2.75) is 6.92 Å². The van der Waals surface area contributed by atoms with E-state index in [4.69, 9.17) is 14.0 Å². The molecule has 0 amide bonds. The number of rotatable bonds is 1. The van der Waals surface area contributed by atoms with E-state index in [1.807, 2.05) is 31.2 Å². The Morgan fingerprint density at radius 3 is 1.56 bits per heavy atom. The van der Waals surface area contributed by atoms with E-state index in [2.05, 4.69) is 38.2 Å². The average molecular weight is 254 g/mol. The first kappa shape index (κ1) is 24.1. The Balaban J connectivity index is -0.0000000900. The van der Waals surface area contributed by atoms with Gasteiger partial charge in [0.1, 0.15) is 0 Å². The third-order valence-electron chi connectivity index (χ3n) is 1.16. The minimum absolute atomic E-state index is 0. The molecular weight excluding hydrogens is 244 g/mol. The predicted molar refractivity (Wildman–Crippen MR) is 52.9 cm³/mol. The SMILES string of the molecule is C/C=C/c1ccccc1.[C-]#[O+].[C-]#[O+].[C-]#[O+].[Cr].